The predicted molar refractivity (Wildman–Crippen MR) is 133 cm³/mol. The Kier molecular flexibility index (Phi) is 8.13. The van der Waals surface area contributed by atoms with Crippen molar-refractivity contribution in [2.75, 3.05) is 27.3 Å². The first-order chi connectivity index (χ1) is 15.3. The quantitative estimate of drug-likeness (QED) is 0.350. The number of rotatable bonds is 10. The summed E-state index contributed by atoms with van der Waals surface area (Å²) in [6.07, 6.45) is 2.02. The molecule has 0 aliphatic rings. The van der Waals surface area contributed by atoms with Crippen molar-refractivity contribution in [3.8, 4) is 22.1 Å². The van der Waals surface area contributed by atoms with E-state index < -0.39 is 0 Å². The van der Waals surface area contributed by atoms with E-state index in [2.05, 4.69) is 27.7 Å². The molecular weight excluding hydrogens is 420 g/mol. The summed E-state index contributed by atoms with van der Waals surface area (Å²) in [4.78, 5) is 20.1. The Labute approximate surface area is 195 Å². The Bertz CT molecular complexity index is 1050. The molecule has 3 aromatic rings. The van der Waals surface area contributed by atoms with Crippen molar-refractivity contribution >= 4 is 27.5 Å². The van der Waals surface area contributed by atoms with Crippen LogP contribution in [-0.2, 0) is 0 Å². The second-order valence-electron chi connectivity index (χ2n) is 8.92. The van der Waals surface area contributed by atoms with Crippen molar-refractivity contribution in [1.29, 1.82) is 0 Å². The van der Waals surface area contributed by atoms with Gasteiger partial charge in [-0.15, -0.1) is 11.3 Å². The van der Waals surface area contributed by atoms with E-state index >= 15 is 0 Å². The van der Waals surface area contributed by atoms with Gasteiger partial charge in [-0.1, -0.05) is 27.7 Å². The summed E-state index contributed by atoms with van der Waals surface area (Å²) < 4.78 is 11.8. The zero-order valence-corrected chi connectivity index (χ0v) is 20.8. The maximum atomic E-state index is 13.3. The molecule has 0 radical (unpaired) electrons. The van der Waals surface area contributed by atoms with Crippen molar-refractivity contribution in [2.45, 2.75) is 40.5 Å². The molecule has 0 spiro atoms. The first kappa shape index (κ1) is 24.1. The van der Waals surface area contributed by atoms with Gasteiger partial charge in [0.15, 0.2) is 0 Å². The number of hydrogen-bond donors (Lipinski definition) is 0. The van der Waals surface area contributed by atoms with E-state index in [0.29, 0.717) is 17.6 Å². The number of benzene rings is 2. The highest BCUT2D eigenvalue weighted by Crippen LogP contribution is 2.38. The third kappa shape index (κ3) is 5.80. The molecule has 0 fully saturated rings. The minimum Gasteiger partial charge on any atom is -0.497 e. The molecule has 1 heterocycles. The van der Waals surface area contributed by atoms with Crippen molar-refractivity contribution in [3.63, 3.8) is 0 Å². The minimum atomic E-state index is 0.102. The molecule has 0 atom stereocenters. The van der Waals surface area contributed by atoms with Crippen LogP contribution in [-0.4, -0.2) is 43.1 Å². The summed E-state index contributed by atoms with van der Waals surface area (Å²) in [6.45, 7) is 10.4. The minimum absolute atomic E-state index is 0.102. The van der Waals surface area contributed by atoms with Gasteiger partial charge in [-0.2, -0.15) is 0 Å². The van der Waals surface area contributed by atoms with Gasteiger partial charge in [0.2, 0.25) is 0 Å². The number of ether oxygens (including phenoxy) is 2. The van der Waals surface area contributed by atoms with Gasteiger partial charge in [-0.3, -0.25) is 4.79 Å². The lowest BCUT2D eigenvalue weighted by molar-refractivity contribution is 0.0741. The van der Waals surface area contributed by atoms with Crippen LogP contribution in [0.15, 0.2) is 36.4 Å². The standard InChI is InChI=1S/C26H34N2O3S/c1-17(2)11-13-28(14-12-18(3)4)26(29)19-7-10-22-24(15-19)32-25(27-22)21-9-8-20(30-5)16-23(21)31-6/h7-10,15-18H,11-14H2,1-6H3. The van der Waals surface area contributed by atoms with Gasteiger partial charge in [0.1, 0.15) is 16.5 Å². The molecule has 3 rings (SSSR count). The van der Waals surface area contributed by atoms with Crippen LogP contribution in [0, 0.1) is 11.8 Å². The van der Waals surface area contributed by atoms with Gasteiger partial charge in [0.05, 0.1) is 30.0 Å². The number of aromatic nitrogens is 1. The predicted octanol–water partition coefficient (Wildman–Crippen LogP) is 6.51. The number of hydrogen-bond acceptors (Lipinski definition) is 5. The molecule has 1 amide bonds. The van der Waals surface area contributed by atoms with Crippen LogP contribution in [0.4, 0.5) is 0 Å². The summed E-state index contributed by atoms with van der Waals surface area (Å²) in [6, 6.07) is 11.5. The number of nitrogens with zero attached hydrogens (tertiary/aromatic N) is 2. The topological polar surface area (TPSA) is 51.7 Å². The lowest BCUT2D eigenvalue weighted by Gasteiger charge is -2.24. The molecule has 0 saturated carbocycles. The van der Waals surface area contributed by atoms with Crippen LogP contribution in [0.25, 0.3) is 20.8 Å². The Morgan fingerprint density at radius 3 is 2.25 bits per heavy atom. The normalized spacial score (nSPS) is 11.4. The van der Waals surface area contributed by atoms with Gasteiger partial charge < -0.3 is 14.4 Å². The van der Waals surface area contributed by atoms with E-state index in [0.717, 1.165) is 58.0 Å². The Morgan fingerprint density at radius 1 is 0.969 bits per heavy atom. The van der Waals surface area contributed by atoms with Crippen LogP contribution in [0.1, 0.15) is 50.9 Å². The smallest absolute Gasteiger partial charge is 0.253 e. The number of carbonyl (C=O) groups excluding carboxylic acids is 1. The Balaban J connectivity index is 1.89. The molecule has 32 heavy (non-hydrogen) atoms. The van der Waals surface area contributed by atoms with Crippen molar-refractivity contribution in [3.05, 3.63) is 42.0 Å². The zero-order chi connectivity index (χ0) is 23.3. The van der Waals surface area contributed by atoms with Gasteiger partial charge in [0.25, 0.3) is 5.91 Å². The molecule has 0 aliphatic heterocycles. The van der Waals surface area contributed by atoms with Crippen molar-refractivity contribution in [1.82, 2.24) is 9.88 Å². The first-order valence-electron chi connectivity index (χ1n) is 11.2. The summed E-state index contributed by atoms with van der Waals surface area (Å²) in [5, 5.41) is 0.862. The maximum Gasteiger partial charge on any atom is 0.253 e. The fourth-order valence-electron chi connectivity index (χ4n) is 3.47. The average molecular weight is 455 g/mol. The third-order valence-electron chi connectivity index (χ3n) is 5.51. The number of carbonyl (C=O) groups is 1. The van der Waals surface area contributed by atoms with Gasteiger partial charge in [-0.25, -0.2) is 4.98 Å². The molecule has 5 nitrogen and oxygen atoms in total. The monoisotopic (exact) mass is 454 g/mol. The molecule has 0 aliphatic carbocycles. The molecule has 0 unspecified atom stereocenters. The molecule has 6 heteroatoms. The highest BCUT2D eigenvalue weighted by molar-refractivity contribution is 7.21. The molecular formula is C26H34N2O3S. The summed E-state index contributed by atoms with van der Waals surface area (Å²) >= 11 is 1.57. The molecule has 172 valence electrons. The van der Waals surface area contributed by atoms with E-state index in [1.165, 1.54) is 0 Å². The number of amides is 1. The Morgan fingerprint density at radius 2 is 1.66 bits per heavy atom. The van der Waals surface area contributed by atoms with E-state index in [9.17, 15) is 4.79 Å². The fraction of sp³-hybridized carbons (Fsp3) is 0.462. The van der Waals surface area contributed by atoms with Crippen LogP contribution < -0.4 is 9.47 Å². The maximum absolute atomic E-state index is 13.3. The highest BCUT2D eigenvalue weighted by atomic mass is 32.1. The molecule has 2 aromatic carbocycles. The average Bonchev–Trinajstić information content (AvgIpc) is 3.21. The molecule has 0 N–H and O–H groups in total. The highest BCUT2D eigenvalue weighted by Gasteiger charge is 2.19. The van der Waals surface area contributed by atoms with E-state index in [4.69, 9.17) is 14.5 Å². The van der Waals surface area contributed by atoms with E-state index in [-0.39, 0.29) is 5.91 Å². The summed E-state index contributed by atoms with van der Waals surface area (Å²) in [7, 11) is 3.28. The zero-order valence-electron chi connectivity index (χ0n) is 20.0. The molecule has 0 saturated heterocycles. The lowest BCUT2D eigenvalue weighted by Crippen LogP contribution is -2.34. The van der Waals surface area contributed by atoms with Crippen LogP contribution in [0.3, 0.4) is 0 Å². The summed E-state index contributed by atoms with van der Waals surface area (Å²) in [5.41, 5.74) is 2.52. The Hall–Kier alpha value is -2.60. The SMILES string of the molecule is COc1ccc(-c2nc3ccc(C(=O)N(CCC(C)C)CCC(C)C)cc3s2)c(OC)c1. The second kappa shape index (κ2) is 10.8. The largest absolute Gasteiger partial charge is 0.497 e. The lowest BCUT2D eigenvalue weighted by atomic mass is 10.1. The van der Waals surface area contributed by atoms with Gasteiger partial charge in [0, 0.05) is 24.7 Å². The van der Waals surface area contributed by atoms with Gasteiger partial charge >= 0.3 is 0 Å². The third-order valence-corrected chi connectivity index (χ3v) is 6.57. The second-order valence-corrected chi connectivity index (χ2v) is 9.96. The van der Waals surface area contributed by atoms with Crippen molar-refractivity contribution in [2.24, 2.45) is 11.8 Å². The summed E-state index contributed by atoms with van der Waals surface area (Å²) in [5.74, 6) is 2.69. The van der Waals surface area contributed by atoms with Crippen molar-refractivity contribution < 1.29 is 14.3 Å². The molecule has 0 bridgehead atoms. The van der Waals surface area contributed by atoms with E-state index in [1.807, 2.05) is 41.3 Å². The number of thiazole rings is 1. The van der Waals surface area contributed by atoms with Crippen LogP contribution in [0.2, 0.25) is 0 Å². The molecule has 1 aromatic heterocycles. The number of methoxy groups -OCH3 is 2. The van der Waals surface area contributed by atoms with E-state index in [1.54, 1.807) is 25.6 Å². The first-order valence-corrected chi connectivity index (χ1v) is 12.1. The number of fused-ring (bicyclic) bond motifs is 1. The van der Waals surface area contributed by atoms with Crippen LogP contribution in [0.5, 0.6) is 11.5 Å². The van der Waals surface area contributed by atoms with Crippen LogP contribution >= 0.6 is 11.3 Å². The van der Waals surface area contributed by atoms with Gasteiger partial charge in [-0.05, 0) is 55.0 Å². The fourth-order valence-corrected chi connectivity index (χ4v) is 4.51.